The second-order valence-electron chi connectivity index (χ2n) is 5.50. The van der Waals surface area contributed by atoms with Gasteiger partial charge in [0.05, 0.1) is 10.7 Å². The molecule has 0 unspecified atom stereocenters. The Labute approximate surface area is 140 Å². The van der Waals surface area contributed by atoms with E-state index in [1.807, 2.05) is 24.3 Å². The van der Waals surface area contributed by atoms with Gasteiger partial charge in [-0.1, -0.05) is 28.9 Å². The van der Waals surface area contributed by atoms with E-state index in [-0.39, 0.29) is 4.90 Å². The van der Waals surface area contributed by atoms with E-state index in [0.29, 0.717) is 42.7 Å². The Morgan fingerprint density at radius 2 is 1.78 bits per heavy atom. The fourth-order valence-corrected chi connectivity index (χ4v) is 4.82. The van der Waals surface area contributed by atoms with E-state index in [9.17, 15) is 8.42 Å². The molecule has 2 heterocycles. The molecule has 6 nitrogen and oxygen atoms in total. The standard InChI is InChI=1S/C15H18ClN3O3S/c1-11-15(12(2)22-17-11)23(20,21)19-9-7-18(8-10-19)14-6-4-3-5-13(14)16/h3-6H,7-10H2,1-2H3. The summed E-state index contributed by atoms with van der Waals surface area (Å²) in [4.78, 5) is 2.28. The summed E-state index contributed by atoms with van der Waals surface area (Å²) in [6.07, 6.45) is 0. The molecule has 124 valence electrons. The molecule has 0 N–H and O–H groups in total. The Bertz CT molecular complexity index is 792. The maximum absolute atomic E-state index is 12.8. The number of piperazine rings is 1. The molecule has 1 aromatic heterocycles. The van der Waals surface area contributed by atoms with Crippen LogP contribution in [0.1, 0.15) is 11.5 Å². The average Bonchev–Trinajstić information content (AvgIpc) is 2.87. The lowest BCUT2D eigenvalue weighted by Gasteiger charge is -2.35. The van der Waals surface area contributed by atoms with Crippen molar-refractivity contribution in [1.29, 1.82) is 0 Å². The van der Waals surface area contributed by atoms with Crippen molar-refractivity contribution in [3.05, 3.63) is 40.7 Å². The lowest BCUT2D eigenvalue weighted by atomic mass is 10.2. The van der Waals surface area contributed by atoms with Gasteiger partial charge >= 0.3 is 0 Å². The highest BCUT2D eigenvalue weighted by Gasteiger charge is 2.33. The summed E-state index contributed by atoms with van der Waals surface area (Å²) >= 11 is 6.21. The normalized spacial score (nSPS) is 16.7. The van der Waals surface area contributed by atoms with Gasteiger partial charge in [0.15, 0.2) is 5.76 Å². The molecule has 3 rings (SSSR count). The first-order chi connectivity index (χ1) is 10.9. The van der Waals surface area contributed by atoms with Crippen molar-refractivity contribution in [2.75, 3.05) is 31.1 Å². The van der Waals surface area contributed by atoms with E-state index >= 15 is 0 Å². The maximum atomic E-state index is 12.8. The number of nitrogens with zero attached hydrogens (tertiary/aromatic N) is 3. The van der Waals surface area contributed by atoms with Crippen LogP contribution in [0.15, 0.2) is 33.7 Å². The summed E-state index contributed by atoms with van der Waals surface area (Å²) in [5, 5.41) is 4.42. The highest BCUT2D eigenvalue weighted by atomic mass is 35.5. The number of sulfonamides is 1. The molecule has 23 heavy (non-hydrogen) atoms. The van der Waals surface area contributed by atoms with Crippen LogP contribution >= 0.6 is 11.6 Å². The largest absolute Gasteiger partial charge is 0.368 e. The SMILES string of the molecule is Cc1noc(C)c1S(=O)(=O)N1CCN(c2ccccc2Cl)CC1. The zero-order chi connectivity index (χ0) is 16.6. The van der Waals surface area contributed by atoms with Crippen LogP contribution in [0.3, 0.4) is 0 Å². The minimum absolute atomic E-state index is 0.184. The van der Waals surface area contributed by atoms with Gasteiger partial charge in [0.25, 0.3) is 0 Å². The molecule has 0 saturated carbocycles. The summed E-state index contributed by atoms with van der Waals surface area (Å²) in [7, 11) is -3.58. The van der Waals surface area contributed by atoms with E-state index in [1.165, 1.54) is 4.31 Å². The first-order valence-corrected chi connectivity index (χ1v) is 9.15. The van der Waals surface area contributed by atoms with E-state index in [2.05, 4.69) is 10.1 Å². The highest BCUT2D eigenvalue weighted by Crippen LogP contribution is 2.28. The van der Waals surface area contributed by atoms with E-state index in [0.717, 1.165) is 5.69 Å². The molecule has 1 aliphatic rings. The molecule has 0 atom stereocenters. The summed E-state index contributed by atoms with van der Waals surface area (Å²) in [6, 6.07) is 7.59. The summed E-state index contributed by atoms with van der Waals surface area (Å²) in [5.74, 6) is 0.330. The molecule has 1 aromatic carbocycles. The van der Waals surface area contributed by atoms with Crippen molar-refractivity contribution in [2.45, 2.75) is 18.7 Å². The lowest BCUT2D eigenvalue weighted by molar-refractivity contribution is 0.378. The van der Waals surface area contributed by atoms with Crippen molar-refractivity contribution >= 4 is 27.3 Å². The zero-order valence-electron chi connectivity index (χ0n) is 13.0. The quantitative estimate of drug-likeness (QED) is 0.846. The molecule has 8 heteroatoms. The minimum atomic E-state index is -3.58. The van der Waals surface area contributed by atoms with E-state index in [4.69, 9.17) is 16.1 Å². The molecule has 0 aliphatic carbocycles. The number of hydrogen-bond acceptors (Lipinski definition) is 5. The van der Waals surface area contributed by atoms with E-state index in [1.54, 1.807) is 13.8 Å². The first kappa shape index (κ1) is 16.3. The number of benzene rings is 1. The third-order valence-electron chi connectivity index (χ3n) is 4.00. The smallest absolute Gasteiger partial charge is 0.248 e. The van der Waals surface area contributed by atoms with Crippen LogP contribution in [0.2, 0.25) is 5.02 Å². The van der Waals surface area contributed by atoms with Crippen molar-refractivity contribution in [3.63, 3.8) is 0 Å². The fourth-order valence-electron chi connectivity index (χ4n) is 2.85. The molecular formula is C15H18ClN3O3S. The Kier molecular flexibility index (Phi) is 4.35. The van der Waals surface area contributed by atoms with Gasteiger partial charge in [0.1, 0.15) is 10.6 Å². The van der Waals surface area contributed by atoms with Gasteiger partial charge in [-0.25, -0.2) is 8.42 Å². The molecular weight excluding hydrogens is 338 g/mol. The summed E-state index contributed by atoms with van der Waals surface area (Å²) in [6.45, 7) is 5.24. The predicted molar refractivity (Wildman–Crippen MR) is 88.4 cm³/mol. The monoisotopic (exact) mass is 355 g/mol. The predicted octanol–water partition coefficient (Wildman–Crippen LogP) is 2.46. The Balaban J connectivity index is 1.78. The molecule has 0 spiro atoms. The topological polar surface area (TPSA) is 66.7 Å². The molecule has 0 amide bonds. The number of aromatic nitrogens is 1. The van der Waals surface area contributed by atoms with Gasteiger partial charge in [-0.05, 0) is 26.0 Å². The molecule has 1 aliphatic heterocycles. The van der Waals surface area contributed by atoms with Crippen molar-refractivity contribution in [1.82, 2.24) is 9.46 Å². The van der Waals surface area contributed by atoms with Gasteiger partial charge in [-0.2, -0.15) is 4.31 Å². The first-order valence-electron chi connectivity index (χ1n) is 7.34. The number of anilines is 1. The molecule has 0 radical (unpaired) electrons. The van der Waals surface area contributed by atoms with E-state index < -0.39 is 10.0 Å². The summed E-state index contributed by atoms with van der Waals surface area (Å²) in [5.41, 5.74) is 1.33. The third-order valence-corrected chi connectivity index (χ3v) is 6.46. The number of hydrogen-bond donors (Lipinski definition) is 0. The van der Waals surface area contributed by atoms with Crippen LogP contribution in [0.25, 0.3) is 0 Å². The second-order valence-corrected chi connectivity index (χ2v) is 7.78. The van der Waals surface area contributed by atoms with Gasteiger partial charge in [-0.3, -0.25) is 0 Å². The summed E-state index contributed by atoms with van der Waals surface area (Å²) < 4.78 is 32.0. The maximum Gasteiger partial charge on any atom is 0.248 e. The number of halogens is 1. The number of aryl methyl sites for hydroxylation is 2. The van der Waals surface area contributed by atoms with Crippen molar-refractivity contribution in [3.8, 4) is 0 Å². The third kappa shape index (κ3) is 2.96. The van der Waals surface area contributed by atoms with Gasteiger partial charge < -0.3 is 9.42 Å². The van der Waals surface area contributed by atoms with Crippen LogP contribution < -0.4 is 4.90 Å². The number of rotatable bonds is 3. The average molecular weight is 356 g/mol. The highest BCUT2D eigenvalue weighted by molar-refractivity contribution is 7.89. The van der Waals surface area contributed by atoms with Crippen molar-refractivity contribution in [2.24, 2.45) is 0 Å². The second kappa shape index (κ2) is 6.14. The molecule has 0 bridgehead atoms. The van der Waals surface area contributed by atoms with Gasteiger partial charge in [0.2, 0.25) is 10.0 Å². The zero-order valence-corrected chi connectivity index (χ0v) is 14.6. The number of para-hydroxylation sites is 1. The molecule has 1 saturated heterocycles. The van der Waals surface area contributed by atoms with Crippen molar-refractivity contribution < 1.29 is 12.9 Å². The van der Waals surface area contributed by atoms with Crippen LogP contribution in [0.5, 0.6) is 0 Å². The Morgan fingerprint density at radius 1 is 1.13 bits per heavy atom. The Morgan fingerprint density at radius 3 is 2.35 bits per heavy atom. The van der Waals surface area contributed by atoms with Crippen LogP contribution in [0.4, 0.5) is 5.69 Å². The fraction of sp³-hybridized carbons (Fsp3) is 0.400. The molecule has 2 aromatic rings. The molecule has 1 fully saturated rings. The van der Waals surface area contributed by atoms with Crippen LogP contribution in [-0.4, -0.2) is 44.1 Å². The van der Waals surface area contributed by atoms with Gasteiger partial charge in [-0.15, -0.1) is 0 Å². The van der Waals surface area contributed by atoms with Crippen LogP contribution in [-0.2, 0) is 10.0 Å². The minimum Gasteiger partial charge on any atom is -0.368 e. The van der Waals surface area contributed by atoms with Gasteiger partial charge in [0, 0.05) is 26.2 Å². The van der Waals surface area contributed by atoms with Crippen LogP contribution in [0, 0.1) is 13.8 Å². The lowest BCUT2D eigenvalue weighted by Crippen LogP contribution is -2.48. The Hall–Kier alpha value is -1.57.